The van der Waals surface area contributed by atoms with Gasteiger partial charge in [0, 0.05) is 24.7 Å². The van der Waals surface area contributed by atoms with Gasteiger partial charge in [-0.05, 0) is 60.5 Å². The smallest absolute Gasteiger partial charge is 0.335 e. The van der Waals surface area contributed by atoms with Crippen LogP contribution in [0.3, 0.4) is 0 Å². The maximum absolute atomic E-state index is 14.6. The lowest BCUT2D eigenvalue weighted by Gasteiger charge is -2.16. The number of carbonyl (C=O) groups excluding carboxylic acids is 1. The van der Waals surface area contributed by atoms with Crippen LogP contribution in [0.15, 0.2) is 57.8 Å². The second-order valence-corrected chi connectivity index (χ2v) is 7.07. The third kappa shape index (κ3) is 7.62. The highest BCUT2D eigenvalue weighted by molar-refractivity contribution is 6.47. The number of anilines is 1. The van der Waals surface area contributed by atoms with Gasteiger partial charge in [-0.15, -0.1) is 5.10 Å². The van der Waals surface area contributed by atoms with E-state index < -0.39 is 24.0 Å². The van der Waals surface area contributed by atoms with Crippen LogP contribution in [0.1, 0.15) is 33.3 Å². The number of carboxylic acid groups (broad SMARTS) is 1. The van der Waals surface area contributed by atoms with Gasteiger partial charge in [-0.25, -0.2) is 9.18 Å². The number of benzene rings is 2. The van der Waals surface area contributed by atoms with Crippen LogP contribution in [-0.2, 0) is 11.2 Å². The number of halogens is 1. The summed E-state index contributed by atoms with van der Waals surface area (Å²) >= 11 is 0. The molecule has 5 N–H and O–H groups in total. The zero-order valence-electron chi connectivity index (χ0n) is 18.9. The van der Waals surface area contributed by atoms with Gasteiger partial charge in [-0.2, -0.15) is 5.53 Å². The van der Waals surface area contributed by atoms with Crippen LogP contribution in [0.2, 0.25) is 0 Å². The van der Waals surface area contributed by atoms with Crippen LogP contribution in [0, 0.1) is 18.3 Å². The molecule has 0 bridgehead atoms. The first-order valence-electron chi connectivity index (χ1n) is 10.2. The lowest BCUT2D eigenvalue weighted by molar-refractivity contribution is -0.110. The Hall–Kier alpha value is -4.29. The zero-order valence-corrected chi connectivity index (χ0v) is 18.9. The highest BCUT2D eigenvalue weighted by Crippen LogP contribution is 2.26. The Morgan fingerprint density at radius 3 is 2.60 bits per heavy atom. The number of rotatable bonds is 11. The molecule has 0 aliphatic heterocycles. The van der Waals surface area contributed by atoms with E-state index >= 15 is 0 Å². The molecule has 0 unspecified atom stereocenters. The first kappa shape index (κ1) is 27.0. The van der Waals surface area contributed by atoms with E-state index in [-0.39, 0.29) is 41.1 Å². The van der Waals surface area contributed by atoms with E-state index in [0.717, 1.165) is 6.07 Å². The van der Waals surface area contributed by atoms with Crippen LogP contribution < -0.4 is 10.1 Å². The molecule has 0 aromatic heterocycles. The number of aryl methyl sites for hydroxylation is 1. The standard InChI is InChI=1S/C23H24FN5O6/c1-13-10-15(5-6-16(13)22(31)32)35-9-7-14-11-20(17(23(33)34)12-18(14)24)28-21(30)19(26-2)4-3-8-27-29-25/h3-6,8,10-12,23,25,33-34H,7,9H2,1-2H3,(H,28,30)(H,31,32)/b4-3-,26-19+,27-8+,29-25?. The van der Waals surface area contributed by atoms with Crippen LogP contribution >= 0.6 is 0 Å². The minimum absolute atomic E-state index is 0.0297. The van der Waals surface area contributed by atoms with E-state index in [4.69, 9.17) is 15.4 Å². The molecule has 2 rings (SSSR count). The summed E-state index contributed by atoms with van der Waals surface area (Å²) in [4.78, 5) is 27.5. The molecule has 0 saturated heterocycles. The average Bonchev–Trinajstić information content (AvgIpc) is 2.80. The second kappa shape index (κ2) is 12.8. The van der Waals surface area contributed by atoms with E-state index in [9.17, 15) is 24.2 Å². The molecule has 0 saturated carbocycles. The Kier molecular flexibility index (Phi) is 9.87. The van der Waals surface area contributed by atoms with Crippen molar-refractivity contribution in [3.8, 4) is 5.75 Å². The van der Waals surface area contributed by atoms with Crippen molar-refractivity contribution in [1.82, 2.24) is 0 Å². The Bertz CT molecular complexity index is 1190. The molecule has 12 heteroatoms. The first-order chi connectivity index (χ1) is 16.7. The van der Waals surface area contributed by atoms with Gasteiger partial charge in [0.25, 0.3) is 5.91 Å². The molecule has 184 valence electrons. The van der Waals surface area contributed by atoms with Crippen LogP contribution in [-0.4, -0.2) is 52.8 Å². The molecule has 2 aromatic carbocycles. The van der Waals surface area contributed by atoms with Gasteiger partial charge in [-0.1, -0.05) is 5.22 Å². The fourth-order valence-corrected chi connectivity index (χ4v) is 3.04. The van der Waals surface area contributed by atoms with E-state index in [2.05, 4.69) is 20.6 Å². The normalized spacial score (nSPS) is 11.9. The van der Waals surface area contributed by atoms with Crippen molar-refractivity contribution >= 4 is 29.5 Å². The van der Waals surface area contributed by atoms with Crippen molar-refractivity contribution in [2.45, 2.75) is 19.6 Å². The average molecular weight is 485 g/mol. The summed E-state index contributed by atoms with van der Waals surface area (Å²) in [5.74, 6) is -2.09. The number of aliphatic imine (C=N–C) groups is 1. The molecular formula is C23H24FN5O6. The van der Waals surface area contributed by atoms with E-state index in [1.165, 1.54) is 43.6 Å². The molecule has 0 aliphatic carbocycles. The maximum Gasteiger partial charge on any atom is 0.335 e. The molecule has 11 nitrogen and oxygen atoms in total. The largest absolute Gasteiger partial charge is 0.493 e. The minimum Gasteiger partial charge on any atom is -0.493 e. The SMILES string of the molecule is C\N=C(/C=C\C=N\N=N)C(=O)Nc1cc(CCOc2ccc(C(=O)O)c(C)c2)c(F)cc1C(O)O. The Balaban J connectivity index is 2.19. The molecule has 2 aromatic rings. The molecule has 0 atom stereocenters. The van der Waals surface area contributed by atoms with Crippen LogP contribution in [0.4, 0.5) is 10.1 Å². The van der Waals surface area contributed by atoms with E-state index in [1.54, 1.807) is 13.0 Å². The number of carboxylic acids is 1. The topological polar surface area (TPSA) is 177 Å². The van der Waals surface area contributed by atoms with Crippen molar-refractivity contribution in [3.63, 3.8) is 0 Å². The van der Waals surface area contributed by atoms with Crippen LogP contribution in [0.5, 0.6) is 5.75 Å². The highest BCUT2D eigenvalue weighted by atomic mass is 19.1. The first-order valence-corrected chi connectivity index (χ1v) is 10.2. The van der Waals surface area contributed by atoms with Gasteiger partial charge in [0.05, 0.1) is 18.4 Å². The van der Waals surface area contributed by atoms with E-state index in [0.29, 0.717) is 11.3 Å². The highest BCUT2D eigenvalue weighted by Gasteiger charge is 2.18. The minimum atomic E-state index is -2.05. The number of hydrogen-bond acceptors (Lipinski definition) is 8. The van der Waals surface area contributed by atoms with Gasteiger partial charge in [0.2, 0.25) is 0 Å². The number of carbonyl (C=O) groups is 2. The van der Waals surface area contributed by atoms with E-state index in [1.807, 2.05) is 0 Å². The molecule has 0 radical (unpaired) electrons. The number of ether oxygens (including phenoxy) is 1. The number of nitrogens with one attached hydrogen (secondary N) is 2. The third-order valence-electron chi connectivity index (χ3n) is 4.75. The fourth-order valence-electron chi connectivity index (χ4n) is 3.04. The Morgan fingerprint density at radius 1 is 1.26 bits per heavy atom. The molecule has 0 aliphatic rings. The summed E-state index contributed by atoms with van der Waals surface area (Å²) in [6, 6.07) is 6.63. The van der Waals surface area contributed by atoms with Crippen molar-refractivity contribution < 1.29 is 34.0 Å². The second-order valence-electron chi connectivity index (χ2n) is 7.07. The maximum atomic E-state index is 14.6. The molecule has 1 amide bonds. The lowest BCUT2D eigenvalue weighted by Crippen LogP contribution is -2.23. The van der Waals surface area contributed by atoms with Crippen LogP contribution in [0.25, 0.3) is 0 Å². The number of allylic oxidation sites excluding steroid dienone is 1. The zero-order chi connectivity index (χ0) is 26.0. The predicted molar refractivity (Wildman–Crippen MR) is 126 cm³/mol. The Morgan fingerprint density at radius 2 is 2.00 bits per heavy atom. The number of hydrogen-bond donors (Lipinski definition) is 5. The summed E-state index contributed by atoms with van der Waals surface area (Å²) < 4.78 is 20.2. The lowest BCUT2D eigenvalue weighted by atomic mass is 10.0. The number of aromatic carboxylic acids is 1. The summed E-state index contributed by atoms with van der Waals surface area (Å²) in [5, 5.41) is 36.9. The molecule has 0 fully saturated rings. The van der Waals surface area contributed by atoms with Gasteiger partial charge in [0.15, 0.2) is 6.29 Å². The van der Waals surface area contributed by atoms with Crippen molar-refractivity contribution in [1.29, 1.82) is 5.53 Å². The van der Waals surface area contributed by atoms with Gasteiger partial charge in [-0.3, -0.25) is 9.79 Å². The number of amides is 1. The van der Waals surface area contributed by atoms with Crippen molar-refractivity contribution in [2.24, 2.45) is 15.3 Å². The monoisotopic (exact) mass is 485 g/mol. The van der Waals surface area contributed by atoms with Crippen molar-refractivity contribution in [3.05, 3.63) is 70.6 Å². The summed E-state index contributed by atoms with van der Waals surface area (Å²) in [7, 11) is 1.37. The van der Waals surface area contributed by atoms with Crippen molar-refractivity contribution in [2.75, 3.05) is 19.0 Å². The van der Waals surface area contributed by atoms with Gasteiger partial charge in [0.1, 0.15) is 17.3 Å². The quantitative estimate of drug-likeness (QED) is 0.141. The molecular weight excluding hydrogens is 461 g/mol. The summed E-state index contributed by atoms with van der Waals surface area (Å²) in [5.41, 5.74) is 7.03. The third-order valence-corrected chi connectivity index (χ3v) is 4.75. The molecule has 0 heterocycles. The molecule has 35 heavy (non-hydrogen) atoms. The summed E-state index contributed by atoms with van der Waals surface area (Å²) in [6.45, 7) is 1.66. The summed E-state index contributed by atoms with van der Waals surface area (Å²) in [6.07, 6.45) is 1.82. The number of aliphatic hydroxyl groups excluding tert-OH is 1. The number of aliphatic hydroxyl groups is 2. The van der Waals surface area contributed by atoms with Gasteiger partial charge < -0.3 is 25.4 Å². The number of nitrogens with zero attached hydrogens (tertiary/aromatic N) is 3. The van der Waals surface area contributed by atoms with Gasteiger partial charge >= 0.3 is 5.97 Å². The predicted octanol–water partition coefficient (Wildman–Crippen LogP) is 3.02. The fraction of sp³-hybridized carbons (Fsp3) is 0.217. The Labute approximate surface area is 199 Å². The molecule has 0 spiro atoms.